The SMILES string of the molecule is CC(C)C/C(=N/NC(=O)c1ccc(F)cc1)c1ccccc1. The molecular weight excluding hydrogens is 279 g/mol. The maximum Gasteiger partial charge on any atom is 0.271 e. The Morgan fingerprint density at radius 1 is 1.05 bits per heavy atom. The third-order valence-corrected chi connectivity index (χ3v) is 3.11. The molecule has 0 saturated heterocycles. The number of halogens is 1. The van der Waals surface area contributed by atoms with Crippen LogP contribution in [0.2, 0.25) is 0 Å². The van der Waals surface area contributed by atoms with Crippen molar-refractivity contribution in [2.45, 2.75) is 20.3 Å². The molecule has 0 aliphatic heterocycles. The quantitative estimate of drug-likeness (QED) is 0.657. The Labute approximate surface area is 129 Å². The Balaban J connectivity index is 2.15. The highest BCUT2D eigenvalue weighted by Crippen LogP contribution is 2.10. The minimum Gasteiger partial charge on any atom is -0.267 e. The highest BCUT2D eigenvalue weighted by molar-refractivity contribution is 6.02. The lowest BCUT2D eigenvalue weighted by molar-refractivity contribution is 0.0954. The lowest BCUT2D eigenvalue weighted by Crippen LogP contribution is -2.20. The lowest BCUT2D eigenvalue weighted by atomic mass is 10.0. The second-order valence-electron chi connectivity index (χ2n) is 5.47. The molecule has 0 fully saturated rings. The van der Waals surface area contributed by atoms with Crippen LogP contribution in [-0.4, -0.2) is 11.6 Å². The van der Waals surface area contributed by atoms with E-state index in [4.69, 9.17) is 0 Å². The summed E-state index contributed by atoms with van der Waals surface area (Å²) in [5.74, 6) is -0.302. The number of hydrazone groups is 1. The smallest absolute Gasteiger partial charge is 0.267 e. The van der Waals surface area contributed by atoms with Crippen molar-refractivity contribution in [3.8, 4) is 0 Å². The normalized spacial score (nSPS) is 11.5. The van der Waals surface area contributed by atoms with Gasteiger partial charge in [-0.15, -0.1) is 0 Å². The van der Waals surface area contributed by atoms with E-state index in [2.05, 4.69) is 24.4 Å². The van der Waals surface area contributed by atoms with E-state index >= 15 is 0 Å². The summed E-state index contributed by atoms with van der Waals surface area (Å²) in [5.41, 5.74) is 4.73. The summed E-state index contributed by atoms with van der Waals surface area (Å²) in [5, 5.41) is 4.26. The molecule has 0 heterocycles. The van der Waals surface area contributed by atoms with Gasteiger partial charge in [0, 0.05) is 5.56 Å². The topological polar surface area (TPSA) is 41.5 Å². The number of hydrogen-bond donors (Lipinski definition) is 1. The summed E-state index contributed by atoms with van der Waals surface area (Å²) in [6.07, 6.45) is 0.758. The second kappa shape index (κ2) is 7.50. The van der Waals surface area contributed by atoms with Crippen LogP contribution in [0, 0.1) is 11.7 Å². The minimum atomic E-state index is -0.371. The average molecular weight is 298 g/mol. The number of nitrogens with zero attached hydrogens (tertiary/aromatic N) is 1. The number of amides is 1. The van der Waals surface area contributed by atoms with E-state index in [9.17, 15) is 9.18 Å². The van der Waals surface area contributed by atoms with Crippen LogP contribution in [-0.2, 0) is 0 Å². The summed E-state index contributed by atoms with van der Waals surface area (Å²) >= 11 is 0. The molecule has 0 radical (unpaired) electrons. The van der Waals surface area contributed by atoms with Gasteiger partial charge in [-0.1, -0.05) is 44.2 Å². The molecule has 0 aliphatic rings. The molecule has 22 heavy (non-hydrogen) atoms. The van der Waals surface area contributed by atoms with Crippen molar-refractivity contribution in [3.63, 3.8) is 0 Å². The Bertz CT molecular complexity index is 649. The van der Waals surface area contributed by atoms with E-state index in [1.807, 2.05) is 30.3 Å². The van der Waals surface area contributed by atoms with Gasteiger partial charge in [-0.25, -0.2) is 9.82 Å². The van der Waals surface area contributed by atoms with Crippen LogP contribution in [0.3, 0.4) is 0 Å². The minimum absolute atomic E-state index is 0.350. The van der Waals surface area contributed by atoms with Crippen molar-refractivity contribution >= 4 is 11.6 Å². The van der Waals surface area contributed by atoms with Crippen LogP contribution >= 0.6 is 0 Å². The van der Waals surface area contributed by atoms with Crippen LogP contribution < -0.4 is 5.43 Å². The van der Waals surface area contributed by atoms with Crippen LogP contribution in [0.4, 0.5) is 4.39 Å². The van der Waals surface area contributed by atoms with Crippen LogP contribution in [0.15, 0.2) is 59.7 Å². The largest absolute Gasteiger partial charge is 0.271 e. The summed E-state index contributed by atoms with van der Waals surface area (Å²) in [6, 6.07) is 15.1. The van der Waals surface area contributed by atoms with E-state index in [-0.39, 0.29) is 11.7 Å². The van der Waals surface area contributed by atoms with Gasteiger partial charge in [0.15, 0.2) is 0 Å². The summed E-state index contributed by atoms with van der Waals surface area (Å²) < 4.78 is 12.9. The molecule has 0 saturated carbocycles. The fourth-order valence-electron chi connectivity index (χ4n) is 2.03. The van der Waals surface area contributed by atoms with E-state index in [1.165, 1.54) is 24.3 Å². The Morgan fingerprint density at radius 2 is 1.68 bits per heavy atom. The van der Waals surface area contributed by atoms with Gasteiger partial charge in [-0.3, -0.25) is 4.79 Å². The molecule has 0 aromatic heterocycles. The second-order valence-corrected chi connectivity index (χ2v) is 5.47. The van der Waals surface area contributed by atoms with Gasteiger partial charge in [-0.05, 0) is 42.2 Å². The first-order chi connectivity index (χ1) is 10.6. The molecule has 0 spiro atoms. The van der Waals surface area contributed by atoms with Gasteiger partial charge in [0.05, 0.1) is 5.71 Å². The van der Waals surface area contributed by atoms with Crippen molar-refractivity contribution in [2.75, 3.05) is 0 Å². The van der Waals surface area contributed by atoms with Crippen molar-refractivity contribution in [3.05, 3.63) is 71.5 Å². The standard InChI is InChI=1S/C18H19FN2O/c1-13(2)12-17(14-6-4-3-5-7-14)20-21-18(22)15-8-10-16(19)11-9-15/h3-11,13H,12H2,1-2H3,(H,21,22)/b20-17-. The Morgan fingerprint density at radius 3 is 2.27 bits per heavy atom. The Kier molecular flexibility index (Phi) is 5.42. The first kappa shape index (κ1) is 15.9. The van der Waals surface area contributed by atoms with Gasteiger partial charge >= 0.3 is 0 Å². The van der Waals surface area contributed by atoms with Crippen molar-refractivity contribution < 1.29 is 9.18 Å². The molecule has 2 aromatic rings. The predicted molar refractivity (Wildman–Crippen MR) is 86.3 cm³/mol. The number of benzene rings is 2. The number of carbonyl (C=O) groups excluding carboxylic acids is 1. The van der Waals surface area contributed by atoms with E-state index in [0.717, 1.165) is 17.7 Å². The Hall–Kier alpha value is -2.49. The van der Waals surface area contributed by atoms with Crippen molar-refractivity contribution in [1.82, 2.24) is 5.43 Å². The summed E-state index contributed by atoms with van der Waals surface area (Å²) in [7, 11) is 0. The van der Waals surface area contributed by atoms with Gasteiger partial charge in [0.25, 0.3) is 5.91 Å². The molecule has 114 valence electrons. The maximum atomic E-state index is 12.9. The van der Waals surface area contributed by atoms with Crippen LogP contribution in [0.1, 0.15) is 36.2 Å². The number of rotatable bonds is 5. The number of nitrogens with one attached hydrogen (secondary N) is 1. The molecule has 0 aliphatic carbocycles. The molecule has 4 heteroatoms. The first-order valence-corrected chi connectivity index (χ1v) is 7.24. The zero-order valence-electron chi connectivity index (χ0n) is 12.7. The van der Waals surface area contributed by atoms with Crippen molar-refractivity contribution in [1.29, 1.82) is 0 Å². The molecule has 1 amide bonds. The summed E-state index contributed by atoms with van der Waals surface area (Å²) in [4.78, 5) is 12.0. The van der Waals surface area contributed by atoms with Crippen molar-refractivity contribution in [2.24, 2.45) is 11.0 Å². The molecule has 0 unspecified atom stereocenters. The van der Waals surface area contributed by atoms with Gasteiger partial charge in [0.2, 0.25) is 0 Å². The number of carbonyl (C=O) groups is 1. The highest BCUT2D eigenvalue weighted by Gasteiger charge is 2.09. The maximum absolute atomic E-state index is 12.9. The van der Waals surface area contributed by atoms with E-state index < -0.39 is 0 Å². The molecule has 3 nitrogen and oxygen atoms in total. The van der Waals surface area contributed by atoms with E-state index in [0.29, 0.717) is 11.5 Å². The van der Waals surface area contributed by atoms with Gasteiger partial charge in [0.1, 0.15) is 5.82 Å². The molecule has 2 rings (SSSR count). The molecule has 2 aromatic carbocycles. The monoisotopic (exact) mass is 298 g/mol. The average Bonchev–Trinajstić information content (AvgIpc) is 2.52. The predicted octanol–water partition coefficient (Wildman–Crippen LogP) is 4.01. The van der Waals surface area contributed by atoms with Crippen LogP contribution in [0.25, 0.3) is 0 Å². The fourth-order valence-corrected chi connectivity index (χ4v) is 2.03. The van der Waals surface area contributed by atoms with Gasteiger partial charge in [-0.2, -0.15) is 5.10 Å². The fraction of sp³-hybridized carbons (Fsp3) is 0.222. The first-order valence-electron chi connectivity index (χ1n) is 7.24. The third kappa shape index (κ3) is 4.52. The number of hydrogen-bond acceptors (Lipinski definition) is 2. The third-order valence-electron chi connectivity index (χ3n) is 3.11. The molecule has 1 N–H and O–H groups in total. The van der Waals surface area contributed by atoms with E-state index in [1.54, 1.807) is 0 Å². The molecule has 0 bridgehead atoms. The zero-order valence-corrected chi connectivity index (χ0v) is 12.7. The highest BCUT2D eigenvalue weighted by atomic mass is 19.1. The lowest BCUT2D eigenvalue weighted by Gasteiger charge is -2.10. The zero-order chi connectivity index (χ0) is 15.9. The molecular formula is C18H19FN2O. The van der Waals surface area contributed by atoms with Gasteiger partial charge < -0.3 is 0 Å². The molecule has 0 atom stereocenters. The summed E-state index contributed by atoms with van der Waals surface area (Å²) in [6.45, 7) is 4.19. The van der Waals surface area contributed by atoms with Crippen LogP contribution in [0.5, 0.6) is 0 Å².